The maximum absolute atomic E-state index is 14.5. The number of fused-ring (bicyclic) bond motifs is 1. The Balaban J connectivity index is 1.46. The average Bonchev–Trinajstić information content (AvgIpc) is 3.39. The number of aromatic nitrogens is 1. The predicted molar refractivity (Wildman–Crippen MR) is 143 cm³/mol. The lowest BCUT2D eigenvalue weighted by molar-refractivity contribution is -0.138. The smallest absolute Gasteiger partial charge is 0.379 e. The SMILES string of the molecule is Cc1[nH]c(/C=C2\C(=O)Nc3ccc(NS(C)(=O)=O)cc32)c(C(F)(F)F)c1C(=O)N1CCC(N2CCOCC2)CC1. The molecule has 0 radical (unpaired) electrons. The van der Waals surface area contributed by atoms with Crippen molar-refractivity contribution in [2.45, 2.75) is 32.0 Å². The van der Waals surface area contributed by atoms with E-state index >= 15 is 0 Å². The van der Waals surface area contributed by atoms with Gasteiger partial charge >= 0.3 is 6.18 Å². The molecular formula is C26H30F3N5O5S. The minimum atomic E-state index is -4.88. The summed E-state index contributed by atoms with van der Waals surface area (Å²) < 4.78 is 74.3. The third-order valence-corrected chi connectivity index (χ3v) is 8.03. The van der Waals surface area contributed by atoms with Gasteiger partial charge in [0.1, 0.15) is 0 Å². The van der Waals surface area contributed by atoms with Gasteiger partial charge in [-0.25, -0.2) is 8.42 Å². The topological polar surface area (TPSA) is 124 Å². The molecule has 3 aliphatic heterocycles. The van der Waals surface area contributed by atoms with E-state index in [-0.39, 0.29) is 28.6 Å². The summed E-state index contributed by atoms with van der Waals surface area (Å²) >= 11 is 0. The normalized spacial score (nSPS) is 20.1. The van der Waals surface area contributed by atoms with Crippen molar-refractivity contribution in [3.63, 3.8) is 0 Å². The molecule has 216 valence electrons. The lowest BCUT2D eigenvalue weighted by atomic mass is 9.99. The Bertz CT molecular complexity index is 1470. The maximum Gasteiger partial charge on any atom is 0.419 e. The Labute approximate surface area is 229 Å². The van der Waals surface area contributed by atoms with E-state index in [9.17, 15) is 31.2 Å². The molecule has 0 atom stereocenters. The summed E-state index contributed by atoms with van der Waals surface area (Å²) in [6, 6.07) is 4.52. The quantitative estimate of drug-likeness (QED) is 0.467. The van der Waals surface area contributed by atoms with E-state index in [1.165, 1.54) is 30.0 Å². The molecule has 3 aliphatic rings. The summed E-state index contributed by atoms with van der Waals surface area (Å²) in [5.74, 6) is -1.35. The zero-order valence-corrected chi connectivity index (χ0v) is 22.8. The Morgan fingerprint density at radius 2 is 1.82 bits per heavy atom. The third kappa shape index (κ3) is 5.74. The Morgan fingerprint density at radius 1 is 1.15 bits per heavy atom. The summed E-state index contributed by atoms with van der Waals surface area (Å²) in [6.45, 7) is 4.97. The highest BCUT2D eigenvalue weighted by molar-refractivity contribution is 7.92. The summed E-state index contributed by atoms with van der Waals surface area (Å²) in [4.78, 5) is 32.6. The van der Waals surface area contributed by atoms with Gasteiger partial charge in [-0.05, 0) is 44.0 Å². The van der Waals surface area contributed by atoms with E-state index in [0.717, 1.165) is 25.4 Å². The molecule has 0 bridgehead atoms. The fraction of sp³-hybridized carbons (Fsp3) is 0.462. The highest BCUT2D eigenvalue weighted by Crippen LogP contribution is 2.41. The van der Waals surface area contributed by atoms with Gasteiger partial charge in [0.25, 0.3) is 11.8 Å². The zero-order chi connectivity index (χ0) is 28.8. The molecule has 10 nitrogen and oxygen atoms in total. The average molecular weight is 582 g/mol. The number of rotatable bonds is 5. The number of aryl methyl sites for hydroxylation is 1. The molecule has 1 aromatic carbocycles. The number of alkyl halides is 3. The number of carbonyl (C=O) groups excluding carboxylic acids is 2. The second kappa shape index (κ2) is 10.6. The first-order valence-electron chi connectivity index (χ1n) is 12.9. The molecule has 4 heterocycles. The van der Waals surface area contributed by atoms with Crippen LogP contribution in [0.1, 0.15) is 45.7 Å². The molecule has 2 amide bonds. The van der Waals surface area contributed by atoms with Gasteiger partial charge in [0.2, 0.25) is 10.0 Å². The molecule has 2 saturated heterocycles. The molecular weight excluding hydrogens is 551 g/mol. The number of ether oxygens (including phenoxy) is 1. The lowest BCUT2D eigenvalue weighted by Crippen LogP contribution is -2.50. The van der Waals surface area contributed by atoms with E-state index in [1.807, 2.05) is 0 Å². The van der Waals surface area contributed by atoms with Gasteiger partial charge < -0.3 is 19.9 Å². The highest BCUT2D eigenvalue weighted by Gasteiger charge is 2.42. The fourth-order valence-corrected chi connectivity index (χ4v) is 6.16. The van der Waals surface area contributed by atoms with Gasteiger partial charge in [-0.3, -0.25) is 19.2 Å². The van der Waals surface area contributed by atoms with Gasteiger partial charge in [-0.2, -0.15) is 13.2 Å². The molecule has 0 aliphatic carbocycles. The van der Waals surface area contributed by atoms with E-state index in [0.29, 0.717) is 44.8 Å². The molecule has 0 unspecified atom stereocenters. The third-order valence-electron chi connectivity index (χ3n) is 7.42. The maximum atomic E-state index is 14.5. The number of hydrogen-bond acceptors (Lipinski definition) is 6. The van der Waals surface area contributed by atoms with Gasteiger partial charge in [-0.15, -0.1) is 0 Å². The number of nitrogens with zero attached hydrogens (tertiary/aromatic N) is 2. The van der Waals surface area contributed by atoms with Gasteiger partial charge in [0, 0.05) is 54.9 Å². The van der Waals surface area contributed by atoms with E-state index < -0.39 is 44.8 Å². The lowest BCUT2D eigenvalue weighted by Gasteiger charge is -2.40. The van der Waals surface area contributed by atoms with Crippen molar-refractivity contribution in [3.8, 4) is 0 Å². The summed E-state index contributed by atoms with van der Waals surface area (Å²) in [7, 11) is -3.62. The van der Waals surface area contributed by atoms with Crippen LogP contribution < -0.4 is 10.0 Å². The number of aromatic amines is 1. The molecule has 1 aromatic heterocycles. The molecule has 5 rings (SSSR count). The first kappa shape index (κ1) is 28.2. The number of piperidine rings is 1. The van der Waals surface area contributed by atoms with Crippen LogP contribution in [0.15, 0.2) is 18.2 Å². The van der Waals surface area contributed by atoms with Crippen molar-refractivity contribution < 1.29 is 35.9 Å². The number of H-pyrrole nitrogens is 1. The van der Waals surface area contributed by atoms with Crippen molar-refractivity contribution in [2.75, 3.05) is 55.7 Å². The predicted octanol–water partition coefficient (Wildman–Crippen LogP) is 3.14. The Morgan fingerprint density at radius 3 is 2.45 bits per heavy atom. The minimum Gasteiger partial charge on any atom is -0.379 e. The zero-order valence-electron chi connectivity index (χ0n) is 22.0. The first-order chi connectivity index (χ1) is 18.8. The number of carbonyl (C=O) groups is 2. The second-order valence-corrected chi connectivity index (χ2v) is 12.0. The van der Waals surface area contributed by atoms with Gasteiger partial charge in [0.05, 0.1) is 41.9 Å². The number of hydrogen-bond donors (Lipinski definition) is 3. The molecule has 2 aromatic rings. The van der Waals surface area contributed by atoms with E-state index in [1.54, 1.807) is 0 Å². The minimum absolute atomic E-state index is 0.0469. The Hall–Kier alpha value is -3.36. The second-order valence-electron chi connectivity index (χ2n) is 10.2. The number of anilines is 2. The molecule has 2 fully saturated rings. The number of nitrogens with one attached hydrogen (secondary N) is 3. The van der Waals surface area contributed by atoms with E-state index in [2.05, 4.69) is 19.9 Å². The molecule has 0 spiro atoms. The number of morpholine rings is 1. The van der Waals surface area contributed by atoms with Crippen LogP contribution in [0.3, 0.4) is 0 Å². The molecule has 0 saturated carbocycles. The standard InChI is InChI=1S/C26H30F3N5O5S/c1-15-22(25(36)34-7-5-17(6-8-34)33-9-11-39-12-10-33)23(26(27,28)29)21(30-15)14-19-18-13-16(32-40(2,37)38)3-4-20(18)31-24(19)35/h3-4,13-14,17,30,32H,5-12H2,1-2H3,(H,31,35)/b19-14-. The van der Waals surface area contributed by atoms with Crippen molar-refractivity contribution in [1.82, 2.24) is 14.8 Å². The van der Waals surface area contributed by atoms with E-state index in [4.69, 9.17) is 4.74 Å². The van der Waals surface area contributed by atoms with Gasteiger partial charge in [-0.1, -0.05) is 0 Å². The van der Waals surface area contributed by atoms with Crippen LogP contribution >= 0.6 is 0 Å². The van der Waals surface area contributed by atoms with Crippen LogP contribution in [0.5, 0.6) is 0 Å². The monoisotopic (exact) mass is 581 g/mol. The largest absolute Gasteiger partial charge is 0.419 e. The van der Waals surface area contributed by atoms with Crippen molar-refractivity contribution in [1.29, 1.82) is 0 Å². The van der Waals surface area contributed by atoms with Crippen LogP contribution in [0, 0.1) is 6.92 Å². The molecule has 3 N–H and O–H groups in total. The van der Waals surface area contributed by atoms with Crippen molar-refractivity contribution >= 4 is 44.9 Å². The molecule has 14 heteroatoms. The Kier molecular flexibility index (Phi) is 7.44. The number of likely N-dealkylation sites (tertiary alicyclic amines) is 1. The summed E-state index contributed by atoms with van der Waals surface area (Å²) in [6.07, 6.45) is -1.54. The van der Waals surface area contributed by atoms with Crippen LogP contribution in [-0.2, 0) is 25.7 Å². The van der Waals surface area contributed by atoms with Crippen LogP contribution in [0.2, 0.25) is 0 Å². The van der Waals surface area contributed by atoms with Crippen LogP contribution in [0.25, 0.3) is 11.6 Å². The number of sulfonamides is 1. The number of benzene rings is 1. The first-order valence-corrected chi connectivity index (χ1v) is 14.8. The van der Waals surface area contributed by atoms with Gasteiger partial charge in [0.15, 0.2) is 0 Å². The van der Waals surface area contributed by atoms with Crippen molar-refractivity contribution in [3.05, 3.63) is 46.3 Å². The summed E-state index contributed by atoms with van der Waals surface area (Å²) in [5.41, 5.74) is -1.35. The van der Waals surface area contributed by atoms with Crippen molar-refractivity contribution in [2.24, 2.45) is 0 Å². The van der Waals surface area contributed by atoms with Crippen LogP contribution in [0.4, 0.5) is 24.5 Å². The number of amides is 2. The number of halogens is 3. The van der Waals surface area contributed by atoms with Crippen LogP contribution in [-0.4, -0.2) is 86.7 Å². The molecule has 40 heavy (non-hydrogen) atoms. The highest BCUT2D eigenvalue weighted by atomic mass is 32.2. The summed E-state index contributed by atoms with van der Waals surface area (Å²) in [5, 5.41) is 2.58. The fourth-order valence-electron chi connectivity index (χ4n) is 5.61.